The highest BCUT2D eigenvalue weighted by Crippen LogP contribution is 2.33. The van der Waals surface area contributed by atoms with Gasteiger partial charge in [0.15, 0.2) is 11.5 Å². The van der Waals surface area contributed by atoms with Crippen LogP contribution in [0.15, 0.2) is 42.7 Å². The summed E-state index contributed by atoms with van der Waals surface area (Å²) in [5, 5.41) is 23.5. The number of benzene rings is 2. The fraction of sp³-hybridized carbons (Fsp3) is 0.464. The summed E-state index contributed by atoms with van der Waals surface area (Å²) in [6.07, 6.45) is 1.17. The van der Waals surface area contributed by atoms with E-state index in [1.165, 1.54) is 11.0 Å². The van der Waals surface area contributed by atoms with Gasteiger partial charge in [0.1, 0.15) is 24.7 Å². The van der Waals surface area contributed by atoms with Crippen LogP contribution in [0.25, 0.3) is 0 Å². The monoisotopic (exact) mass is 565 g/mol. The highest BCUT2D eigenvalue weighted by molar-refractivity contribution is 5.91. The zero-order valence-electron chi connectivity index (χ0n) is 23.4. The number of carbonyl (C=O) groups excluding carboxylic acids is 2. The SMILES string of the molecule is C[C@@H]1CN([C@@H](C)CO)C(=O)Cc2cc(NC(=O)Cn3cnnn3)ccc2O[C@@H]1CN(C)Cc1ccc2c(c1)OCO2. The Bertz CT molecular complexity index is 1370. The molecule has 2 aliphatic rings. The van der Waals surface area contributed by atoms with E-state index in [1.807, 2.05) is 32.2 Å². The molecule has 41 heavy (non-hydrogen) atoms. The molecule has 3 aromatic rings. The molecule has 1 aromatic heterocycles. The molecule has 13 heteroatoms. The van der Waals surface area contributed by atoms with Crippen molar-refractivity contribution in [3.05, 3.63) is 53.9 Å². The molecule has 2 aliphatic heterocycles. The van der Waals surface area contributed by atoms with Gasteiger partial charge < -0.3 is 29.5 Å². The third-order valence-electron chi connectivity index (χ3n) is 7.28. The number of aliphatic hydroxyl groups is 1. The first-order valence-corrected chi connectivity index (χ1v) is 13.6. The van der Waals surface area contributed by atoms with Crippen molar-refractivity contribution in [2.75, 3.05) is 38.9 Å². The lowest BCUT2D eigenvalue weighted by Gasteiger charge is -2.34. The van der Waals surface area contributed by atoms with Crippen LogP contribution < -0.4 is 19.5 Å². The molecule has 0 saturated carbocycles. The molecule has 0 aliphatic carbocycles. The van der Waals surface area contributed by atoms with E-state index in [0.717, 1.165) is 17.1 Å². The van der Waals surface area contributed by atoms with Crippen molar-refractivity contribution in [2.45, 2.75) is 45.5 Å². The van der Waals surface area contributed by atoms with Crippen LogP contribution >= 0.6 is 0 Å². The van der Waals surface area contributed by atoms with Crippen molar-refractivity contribution in [3.63, 3.8) is 0 Å². The summed E-state index contributed by atoms with van der Waals surface area (Å²) in [7, 11) is 2.02. The maximum Gasteiger partial charge on any atom is 0.246 e. The number of hydrogen-bond donors (Lipinski definition) is 2. The van der Waals surface area contributed by atoms with E-state index in [-0.39, 0.29) is 56.2 Å². The molecule has 218 valence electrons. The molecule has 2 aromatic carbocycles. The normalized spacial score (nSPS) is 19.1. The zero-order valence-corrected chi connectivity index (χ0v) is 23.4. The van der Waals surface area contributed by atoms with Crippen LogP contribution in [-0.2, 0) is 29.1 Å². The van der Waals surface area contributed by atoms with Crippen LogP contribution in [-0.4, -0.2) is 92.6 Å². The van der Waals surface area contributed by atoms with E-state index in [9.17, 15) is 14.7 Å². The number of nitrogens with zero attached hydrogens (tertiary/aromatic N) is 6. The smallest absolute Gasteiger partial charge is 0.246 e. The maximum atomic E-state index is 13.5. The predicted molar refractivity (Wildman–Crippen MR) is 147 cm³/mol. The largest absolute Gasteiger partial charge is 0.488 e. The van der Waals surface area contributed by atoms with Crippen LogP contribution in [0.5, 0.6) is 17.2 Å². The molecular formula is C28H35N7O6. The molecule has 0 unspecified atom stereocenters. The lowest BCUT2D eigenvalue weighted by atomic mass is 10.0. The first-order chi connectivity index (χ1) is 19.8. The van der Waals surface area contributed by atoms with E-state index in [2.05, 4.69) is 32.7 Å². The number of tetrazole rings is 1. The molecule has 0 fully saturated rings. The van der Waals surface area contributed by atoms with Crippen LogP contribution in [0.2, 0.25) is 0 Å². The minimum Gasteiger partial charge on any atom is -0.488 e. The van der Waals surface area contributed by atoms with Crippen molar-refractivity contribution in [3.8, 4) is 17.2 Å². The van der Waals surface area contributed by atoms with Crippen LogP contribution in [0.3, 0.4) is 0 Å². The van der Waals surface area contributed by atoms with Gasteiger partial charge in [-0.25, -0.2) is 4.68 Å². The molecule has 0 spiro atoms. The van der Waals surface area contributed by atoms with E-state index in [0.29, 0.717) is 36.6 Å². The van der Waals surface area contributed by atoms with Crippen molar-refractivity contribution < 1.29 is 28.9 Å². The minimum atomic E-state index is -0.349. The Hall–Kier alpha value is -4.23. The minimum absolute atomic E-state index is 0.0335. The molecule has 5 rings (SSSR count). The Morgan fingerprint density at radius 1 is 1.20 bits per heavy atom. The van der Waals surface area contributed by atoms with Crippen molar-refractivity contribution in [1.82, 2.24) is 30.0 Å². The fourth-order valence-electron chi connectivity index (χ4n) is 5.05. The molecule has 0 bridgehead atoms. The number of anilines is 1. The summed E-state index contributed by atoms with van der Waals surface area (Å²) < 4.78 is 18.9. The number of rotatable bonds is 9. The molecule has 13 nitrogen and oxygen atoms in total. The number of aliphatic hydroxyl groups excluding tert-OH is 1. The van der Waals surface area contributed by atoms with E-state index in [1.54, 1.807) is 23.1 Å². The van der Waals surface area contributed by atoms with Gasteiger partial charge >= 0.3 is 0 Å². The predicted octanol–water partition coefficient (Wildman–Crippen LogP) is 1.32. The van der Waals surface area contributed by atoms with Crippen molar-refractivity contribution in [2.24, 2.45) is 5.92 Å². The van der Waals surface area contributed by atoms with E-state index < -0.39 is 0 Å². The van der Waals surface area contributed by atoms with Gasteiger partial charge in [0.25, 0.3) is 0 Å². The zero-order chi connectivity index (χ0) is 28.9. The quantitative estimate of drug-likeness (QED) is 0.390. The average molecular weight is 566 g/mol. The standard InChI is InChI=1S/C28H35N7O6/c1-18-11-35(19(2)15-36)28(38)10-21-9-22(30-27(37)14-34-16-29-31-32-34)5-7-23(21)41-26(18)13-33(3)12-20-4-6-24-25(8-20)40-17-39-24/h4-9,16,18-19,26,36H,10-15,17H2,1-3H3,(H,30,37)/t18-,19+,26-/m1/s1. The summed E-state index contributed by atoms with van der Waals surface area (Å²) in [4.78, 5) is 29.9. The Morgan fingerprint density at radius 2 is 2.00 bits per heavy atom. The van der Waals surface area contributed by atoms with Crippen LogP contribution in [0.1, 0.15) is 25.0 Å². The van der Waals surface area contributed by atoms with Gasteiger partial charge in [-0.3, -0.25) is 14.5 Å². The first-order valence-electron chi connectivity index (χ1n) is 13.6. The number of hydrogen-bond acceptors (Lipinski definition) is 10. The van der Waals surface area contributed by atoms with Crippen LogP contribution in [0.4, 0.5) is 5.69 Å². The van der Waals surface area contributed by atoms with Gasteiger partial charge in [0.2, 0.25) is 18.6 Å². The van der Waals surface area contributed by atoms with Gasteiger partial charge in [-0.1, -0.05) is 13.0 Å². The topological polar surface area (TPSA) is 144 Å². The lowest BCUT2D eigenvalue weighted by molar-refractivity contribution is -0.134. The number of amides is 2. The summed E-state index contributed by atoms with van der Waals surface area (Å²) in [5.74, 6) is 1.62. The molecule has 3 heterocycles. The summed E-state index contributed by atoms with van der Waals surface area (Å²) in [6, 6.07) is 10.9. The molecule has 0 radical (unpaired) electrons. The highest BCUT2D eigenvalue weighted by atomic mass is 16.7. The second-order valence-corrected chi connectivity index (χ2v) is 10.7. The Morgan fingerprint density at radius 3 is 2.78 bits per heavy atom. The van der Waals surface area contributed by atoms with Gasteiger partial charge in [0, 0.05) is 36.8 Å². The first kappa shape index (κ1) is 28.3. The average Bonchev–Trinajstić information content (AvgIpc) is 3.63. The van der Waals surface area contributed by atoms with Gasteiger partial charge in [-0.2, -0.15) is 0 Å². The Balaban J connectivity index is 1.35. The number of ether oxygens (including phenoxy) is 3. The fourth-order valence-corrected chi connectivity index (χ4v) is 5.05. The van der Waals surface area contributed by atoms with Gasteiger partial charge in [-0.05, 0) is 60.3 Å². The summed E-state index contributed by atoms with van der Waals surface area (Å²) >= 11 is 0. The third-order valence-corrected chi connectivity index (χ3v) is 7.28. The van der Waals surface area contributed by atoms with E-state index in [4.69, 9.17) is 14.2 Å². The van der Waals surface area contributed by atoms with Crippen molar-refractivity contribution >= 4 is 17.5 Å². The van der Waals surface area contributed by atoms with Gasteiger partial charge in [0.05, 0.1) is 19.1 Å². The second-order valence-electron chi connectivity index (χ2n) is 10.7. The molecular weight excluding hydrogens is 530 g/mol. The second kappa shape index (κ2) is 12.5. The molecule has 2 amide bonds. The Kier molecular flexibility index (Phi) is 8.64. The lowest BCUT2D eigenvalue weighted by Crippen LogP contribution is -2.47. The number of nitrogens with one attached hydrogen (secondary N) is 1. The number of likely N-dealkylation sites (N-methyl/N-ethyl adjacent to an activating group) is 1. The Labute approximate surface area is 238 Å². The molecule has 3 atom stereocenters. The van der Waals surface area contributed by atoms with Crippen molar-refractivity contribution in [1.29, 1.82) is 0 Å². The number of fused-ring (bicyclic) bond motifs is 2. The summed E-state index contributed by atoms with van der Waals surface area (Å²) in [5.41, 5.74) is 2.27. The van der Waals surface area contributed by atoms with Crippen LogP contribution in [0, 0.1) is 5.92 Å². The molecule has 2 N–H and O–H groups in total. The van der Waals surface area contributed by atoms with E-state index >= 15 is 0 Å². The highest BCUT2D eigenvalue weighted by Gasteiger charge is 2.31. The maximum absolute atomic E-state index is 13.5. The molecule has 0 saturated heterocycles. The van der Waals surface area contributed by atoms with Gasteiger partial charge in [-0.15, -0.1) is 5.10 Å². The third kappa shape index (κ3) is 6.92. The number of aromatic nitrogens is 4. The summed E-state index contributed by atoms with van der Waals surface area (Å²) in [6.45, 7) is 5.63. The number of carbonyl (C=O) groups is 2.